The van der Waals surface area contributed by atoms with Gasteiger partial charge in [-0.1, -0.05) is 27.7 Å². The standard InChI is InChI=1S/C13H22BrN3S/c1-6-15-13-11(14)12(8(2)3)16-10(17-13)7-18-9(4)5/h8-9H,6-7H2,1-5H3,(H,15,16,17). The smallest absolute Gasteiger partial charge is 0.144 e. The SMILES string of the molecule is CCNc1nc(CSC(C)C)nc(C(C)C)c1Br. The Kier molecular flexibility index (Phi) is 6.43. The van der Waals surface area contributed by atoms with Crippen molar-refractivity contribution in [2.45, 2.75) is 51.5 Å². The molecule has 0 spiro atoms. The van der Waals surface area contributed by atoms with Gasteiger partial charge in [0, 0.05) is 6.54 Å². The summed E-state index contributed by atoms with van der Waals surface area (Å²) >= 11 is 5.47. The highest BCUT2D eigenvalue weighted by Crippen LogP contribution is 2.29. The fourth-order valence-corrected chi connectivity index (χ4v) is 2.87. The van der Waals surface area contributed by atoms with Gasteiger partial charge in [0.25, 0.3) is 0 Å². The summed E-state index contributed by atoms with van der Waals surface area (Å²) in [5.41, 5.74) is 1.08. The second kappa shape index (κ2) is 7.34. The number of hydrogen-bond donors (Lipinski definition) is 1. The predicted molar refractivity (Wildman–Crippen MR) is 84.4 cm³/mol. The minimum absolute atomic E-state index is 0.391. The molecule has 1 N–H and O–H groups in total. The third-order valence-electron chi connectivity index (χ3n) is 2.36. The van der Waals surface area contributed by atoms with Crippen molar-refractivity contribution in [3.63, 3.8) is 0 Å². The Morgan fingerprint density at radius 3 is 2.39 bits per heavy atom. The zero-order valence-electron chi connectivity index (χ0n) is 11.7. The van der Waals surface area contributed by atoms with E-state index < -0.39 is 0 Å². The van der Waals surface area contributed by atoms with Gasteiger partial charge in [-0.05, 0) is 34.0 Å². The third kappa shape index (κ3) is 4.43. The van der Waals surface area contributed by atoms with Gasteiger partial charge in [-0.15, -0.1) is 0 Å². The Hall–Kier alpha value is -0.290. The van der Waals surface area contributed by atoms with Gasteiger partial charge in [-0.3, -0.25) is 0 Å². The number of halogens is 1. The molecule has 0 unspecified atom stereocenters. The summed E-state index contributed by atoms with van der Waals surface area (Å²) in [5, 5.41) is 3.89. The van der Waals surface area contributed by atoms with Crippen LogP contribution >= 0.6 is 27.7 Å². The van der Waals surface area contributed by atoms with Crippen LogP contribution in [0.2, 0.25) is 0 Å². The molecular weight excluding hydrogens is 310 g/mol. The Balaban J connectivity index is 3.04. The summed E-state index contributed by atoms with van der Waals surface area (Å²) in [6.07, 6.45) is 0. The molecular formula is C13H22BrN3S. The van der Waals surface area contributed by atoms with Gasteiger partial charge in [-0.25, -0.2) is 9.97 Å². The quantitative estimate of drug-likeness (QED) is 0.836. The number of aromatic nitrogens is 2. The van der Waals surface area contributed by atoms with Gasteiger partial charge in [0.2, 0.25) is 0 Å². The fourth-order valence-electron chi connectivity index (χ4n) is 1.49. The average molecular weight is 332 g/mol. The van der Waals surface area contributed by atoms with Gasteiger partial charge < -0.3 is 5.32 Å². The monoisotopic (exact) mass is 331 g/mol. The van der Waals surface area contributed by atoms with E-state index in [4.69, 9.17) is 0 Å². The Bertz CT molecular complexity index is 394. The van der Waals surface area contributed by atoms with Crippen molar-refractivity contribution in [2.24, 2.45) is 0 Å². The van der Waals surface area contributed by atoms with Crippen LogP contribution in [0.5, 0.6) is 0 Å². The molecule has 0 atom stereocenters. The van der Waals surface area contributed by atoms with Crippen LogP contribution in [-0.4, -0.2) is 21.8 Å². The molecule has 5 heteroatoms. The van der Waals surface area contributed by atoms with E-state index in [1.54, 1.807) is 0 Å². The van der Waals surface area contributed by atoms with Gasteiger partial charge in [-0.2, -0.15) is 11.8 Å². The minimum Gasteiger partial charge on any atom is -0.369 e. The van der Waals surface area contributed by atoms with E-state index in [9.17, 15) is 0 Å². The van der Waals surface area contributed by atoms with E-state index in [-0.39, 0.29) is 0 Å². The molecule has 18 heavy (non-hydrogen) atoms. The first-order chi connectivity index (χ1) is 8.45. The number of rotatable bonds is 6. The van der Waals surface area contributed by atoms with E-state index in [0.717, 1.165) is 34.1 Å². The Morgan fingerprint density at radius 1 is 1.22 bits per heavy atom. The van der Waals surface area contributed by atoms with Crippen molar-refractivity contribution < 1.29 is 0 Å². The first-order valence-corrected chi connectivity index (χ1v) is 8.21. The van der Waals surface area contributed by atoms with Gasteiger partial charge >= 0.3 is 0 Å². The second-order valence-electron chi connectivity index (χ2n) is 4.73. The molecule has 1 aromatic rings. The van der Waals surface area contributed by atoms with E-state index in [2.05, 4.69) is 65.8 Å². The zero-order chi connectivity index (χ0) is 13.7. The van der Waals surface area contributed by atoms with Gasteiger partial charge in [0.15, 0.2) is 0 Å². The molecule has 0 amide bonds. The van der Waals surface area contributed by atoms with Crippen molar-refractivity contribution in [1.82, 2.24) is 9.97 Å². The molecule has 3 nitrogen and oxygen atoms in total. The zero-order valence-corrected chi connectivity index (χ0v) is 14.2. The molecule has 0 aromatic carbocycles. The number of hydrogen-bond acceptors (Lipinski definition) is 4. The molecule has 0 saturated heterocycles. The van der Waals surface area contributed by atoms with Crippen LogP contribution in [0.15, 0.2) is 4.47 Å². The van der Waals surface area contributed by atoms with Crippen molar-refractivity contribution in [2.75, 3.05) is 11.9 Å². The lowest BCUT2D eigenvalue weighted by molar-refractivity contribution is 0.791. The van der Waals surface area contributed by atoms with Gasteiger partial charge in [0.1, 0.15) is 11.6 Å². The molecule has 0 aliphatic rings. The van der Waals surface area contributed by atoms with Crippen LogP contribution < -0.4 is 5.32 Å². The molecule has 0 radical (unpaired) electrons. The highest BCUT2D eigenvalue weighted by Gasteiger charge is 2.14. The lowest BCUT2D eigenvalue weighted by atomic mass is 10.1. The summed E-state index contributed by atoms with van der Waals surface area (Å²) in [6, 6.07) is 0. The molecule has 1 aromatic heterocycles. The lowest BCUT2D eigenvalue weighted by Crippen LogP contribution is -2.09. The van der Waals surface area contributed by atoms with Crippen LogP contribution in [0, 0.1) is 0 Å². The molecule has 1 rings (SSSR count). The third-order valence-corrected chi connectivity index (χ3v) is 4.23. The first kappa shape index (κ1) is 15.8. The number of nitrogens with one attached hydrogen (secondary N) is 1. The van der Waals surface area contributed by atoms with Crippen molar-refractivity contribution >= 4 is 33.5 Å². The molecule has 0 aliphatic carbocycles. The average Bonchev–Trinajstić information content (AvgIpc) is 2.29. The Labute approximate surface area is 123 Å². The first-order valence-electron chi connectivity index (χ1n) is 6.37. The van der Waals surface area contributed by atoms with E-state index in [1.807, 2.05) is 11.8 Å². The lowest BCUT2D eigenvalue weighted by Gasteiger charge is -2.14. The number of nitrogens with zero attached hydrogens (tertiary/aromatic N) is 2. The molecule has 1 heterocycles. The van der Waals surface area contributed by atoms with E-state index in [1.165, 1.54) is 0 Å². The maximum Gasteiger partial charge on any atom is 0.144 e. The minimum atomic E-state index is 0.391. The normalized spacial score (nSPS) is 11.3. The van der Waals surface area contributed by atoms with Crippen molar-refractivity contribution in [3.8, 4) is 0 Å². The summed E-state index contributed by atoms with van der Waals surface area (Å²) < 4.78 is 0.998. The maximum absolute atomic E-state index is 4.67. The molecule has 0 fully saturated rings. The topological polar surface area (TPSA) is 37.8 Å². The van der Waals surface area contributed by atoms with Crippen LogP contribution in [0.1, 0.15) is 52.1 Å². The van der Waals surface area contributed by atoms with Crippen LogP contribution in [0.25, 0.3) is 0 Å². The predicted octanol–water partition coefficient (Wildman–Crippen LogP) is 4.44. The van der Waals surface area contributed by atoms with Crippen LogP contribution in [0.4, 0.5) is 5.82 Å². The molecule has 0 aliphatic heterocycles. The largest absolute Gasteiger partial charge is 0.369 e. The number of thioether (sulfide) groups is 1. The molecule has 102 valence electrons. The summed E-state index contributed by atoms with van der Waals surface area (Å²) in [4.78, 5) is 9.25. The number of anilines is 1. The Morgan fingerprint density at radius 2 is 1.89 bits per heavy atom. The highest BCUT2D eigenvalue weighted by atomic mass is 79.9. The van der Waals surface area contributed by atoms with Gasteiger partial charge in [0.05, 0.1) is 15.9 Å². The van der Waals surface area contributed by atoms with E-state index in [0.29, 0.717) is 11.2 Å². The second-order valence-corrected chi connectivity index (χ2v) is 7.09. The summed E-state index contributed by atoms with van der Waals surface area (Å²) in [6.45, 7) is 11.6. The van der Waals surface area contributed by atoms with Crippen molar-refractivity contribution in [1.29, 1.82) is 0 Å². The molecule has 0 bridgehead atoms. The van der Waals surface area contributed by atoms with Crippen LogP contribution in [-0.2, 0) is 5.75 Å². The van der Waals surface area contributed by atoms with Crippen LogP contribution in [0.3, 0.4) is 0 Å². The maximum atomic E-state index is 4.67. The summed E-state index contributed by atoms with van der Waals surface area (Å²) in [7, 11) is 0. The summed E-state index contributed by atoms with van der Waals surface area (Å²) in [5.74, 6) is 3.08. The fraction of sp³-hybridized carbons (Fsp3) is 0.692. The molecule has 0 saturated carbocycles. The van der Waals surface area contributed by atoms with Crippen molar-refractivity contribution in [3.05, 3.63) is 16.0 Å². The highest BCUT2D eigenvalue weighted by molar-refractivity contribution is 9.10. The van der Waals surface area contributed by atoms with E-state index >= 15 is 0 Å².